The molecule has 362 valence electrons. The maximum atomic E-state index is 8.96. The SMILES string of the molecule is [C-]#[N+]c1cccc(-n2c3ccccc3c3cc(-c4c(C)cc(C)cc4C)ccc32)c1-c1cc(-c2nc(-c3ccccc3)nc(-c3ccccc3)n2)ccc1-n1c2ccccc2c2cc(-c3c(C)cc(C)cc3C)ccc21. The summed E-state index contributed by atoms with van der Waals surface area (Å²) in [7, 11) is 0. The van der Waals surface area contributed by atoms with Crippen molar-refractivity contribution in [2.45, 2.75) is 41.5 Å². The van der Waals surface area contributed by atoms with Gasteiger partial charge in [-0.05, 0) is 152 Å². The number of para-hydroxylation sites is 2. The predicted molar refractivity (Wildman–Crippen MR) is 316 cm³/mol. The van der Waals surface area contributed by atoms with E-state index in [2.05, 4.69) is 189 Å². The summed E-state index contributed by atoms with van der Waals surface area (Å²) in [5, 5.41) is 4.57. The Morgan fingerprint density at radius 2 is 0.750 bits per heavy atom. The largest absolute Gasteiger partial charge is 0.310 e. The number of rotatable bonds is 8. The van der Waals surface area contributed by atoms with Crippen LogP contribution in [-0.4, -0.2) is 24.1 Å². The number of hydrogen-bond donors (Lipinski definition) is 0. The Morgan fingerprint density at radius 1 is 0.329 bits per heavy atom. The van der Waals surface area contributed by atoms with E-state index in [9.17, 15) is 0 Å². The minimum Gasteiger partial charge on any atom is -0.310 e. The van der Waals surface area contributed by atoms with Gasteiger partial charge in [0.2, 0.25) is 0 Å². The molecule has 10 aromatic carbocycles. The highest BCUT2D eigenvalue weighted by molar-refractivity contribution is 6.13. The van der Waals surface area contributed by atoms with Crippen molar-refractivity contribution in [3.8, 4) is 78.9 Å². The van der Waals surface area contributed by atoms with Crippen LogP contribution in [0, 0.1) is 48.1 Å². The maximum Gasteiger partial charge on any atom is 0.197 e. The summed E-state index contributed by atoms with van der Waals surface area (Å²) in [4.78, 5) is 19.9. The smallest absolute Gasteiger partial charge is 0.197 e. The molecule has 0 fully saturated rings. The van der Waals surface area contributed by atoms with Gasteiger partial charge >= 0.3 is 0 Å². The molecule has 3 aromatic heterocycles. The summed E-state index contributed by atoms with van der Waals surface area (Å²) >= 11 is 0. The van der Waals surface area contributed by atoms with Crippen LogP contribution in [0.25, 0.3) is 127 Å². The van der Waals surface area contributed by atoms with Gasteiger partial charge in [-0.25, -0.2) is 19.8 Å². The van der Waals surface area contributed by atoms with E-state index in [0.29, 0.717) is 23.2 Å². The van der Waals surface area contributed by atoms with Crippen LogP contribution in [0.15, 0.2) is 206 Å². The van der Waals surface area contributed by atoms with E-state index < -0.39 is 0 Å². The second kappa shape index (κ2) is 18.3. The summed E-state index contributed by atoms with van der Waals surface area (Å²) in [6, 6.07) is 73.0. The predicted octanol–water partition coefficient (Wildman–Crippen LogP) is 18.5. The monoisotopic (exact) mass is 976 g/mol. The van der Waals surface area contributed by atoms with Crippen LogP contribution in [0.3, 0.4) is 0 Å². The minimum atomic E-state index is 0.531. The number of nitrogens with zero attached hydrogens (tertiary/aromatic N) is 6. The molecule has 3 heterocycles. The first-order valence-corrected chi connectivity index (χ1v) is 25.9. The van der Waals surface area contributed by atoms with Crippen molar-refractivity contribution in [3.05, 3.63) is 251 Å². The zero-order valence-electron chi connectivity index (χ0n) is 43.3. The molecule has 76 heavy (non-hydrogen) atoms. The van der Waals surface area contributed by atoms with Crippen molar-refractivity contribution in [2.75, 3.05) is 0 Å². The van der Waals surface area contributed by atoms with E-state index in [1.807, 2.05) is 72.8 Å². The van der Waals surface area contributed by atoms with Gasteiger partial charge in [-0.3, -0.25) is 0 Å². The molecule has 0 aliphatic heterocycles. The number of hydrogen-bond acceptors (Lipinski definition) is 3. The van der Waals surface area contributed by atoms with Gasteiger partial charge in [0.1, 0.15) is 0 Å². The quantitative estimate of drug-likeness (QED) is 0.143. The number of benzene rings is 10. The Bertz CT molecular complexity index is 4430. The highest BCUT2D eigenvalue weighted by Crippen LogP contribution is 2.47. The third kappa shape index (κ3) is 7.67. The van der Waals surface area contributed by atoms with Crippen LogP contribution >= 0.6 is 0 Å². The average Bonchev–Trinajstić information content (AvgIpc) is 3.97. The highest BCUT2D eigenvalue weighted by atomic mass is 15.0. The van der Waals surface area contributed by atoms with E-state index in [-0.39, 0.29) is 0 Å². The van der Waals surface area contributed by atoms with Crippen LogP contribution < -0.4 is 0 Å². The first kappa shape index (κ1) is 46.1. The highest BCUT2D eigenvalue weighted by Gasteiger charge is 2.25. The standard InChI is InChI=1S/C70H52N6/c1-42-35-44(3)65(45(4)36-42)50-29-32-61-55(39-50)53-23-14-16-26-59(53)75(61)63-34-31-52(70-73-68(48-19-10-8-11-20-48)72-69(74-70)49-21-12-9-13-22-49)41-57(63)67-58(71-7)25-18-28-64(67)76-60-27-17-15-24-54(60)56-40-51(30-33-62(56)76)66-46(5)37-43(2)38-47(66)6/h8-41H,1-6H3. The third-order valence-electron chi connectivity index (χ3n) is 15.1. The molecule has 6 heteroatoms. The lowest BCUT2D eigenvalue weighted by molar-refractivity contribution is 1.07. The Balaban J connectivity index is 1.11. The number of aromatic nitrogens is 5. The van der Waals surface area contributed by atoms with Crippen molar-refractivity contribution >= 4 is 49.3 Å². The molecule has 0 aliphatic rings. The Morgan fingerprint density at radius 3 is 1.24 bits per heavy atom. The molecular formula is C70H52N6. The van der Waals surface area contributed by atoms with Gasteiger partial charge in [-0.1, -0.05) is 157 Å². The lowest BCUT2D eigenvalue weighted by atomic mass is 9.93. The van der Waals surface area contributed by atoms with Crippen LogP contribution in [0.5, 0.6) is 0 Å². The zero-order valence-corrected chi connectivity index (χ0v) is 43.3. The number of fused-ring (bicyclic) bond motifs is 6. The molecule has 0 aliphatic carbocycles. The summed E-state index contributed by atoms with van der Waals surface area (Å²) < 4.78 is 4.74. The fraction of sp³-hybridized carbons (Fsp3) is 0.0857. The lowest BCUT2D eigenvalue weighted by Gasteiger charge is -2.21. The van der Waals surface area contributed by atoms with E-state index in [1.54, 1.807) is 0 Å². The molecule has 13 rings (SSSR count). The fourth-order valence-corrected chi connectivity index (χ4v) is 12.1. The van der Waals surface area contributed by atoms with Crippen LogP contribution in [0.1, 0.15) is 33.4 Å². The van der Waals surface area contributed by atoms with E-state index >= 15 is 0 Å². The molecule has 0 saturated carbocycles. The van der Waals surface area contributed by atoms with Crippen molar-refractivity contribution in [2.24, 2.45) is 0 Å². The molecule has 0 bridgehead atoms. The van der Waals surface area contributed by atoms with Gasteiger partial charge in [0.05, 0.1) is 34.3 Å². The molecule has 0 saturated heterocycles. The summed E-state index contributed by atoms with van der Waals surface area (Å²) in [5.74, 6) is 1.69. The van der Waals surface area contributed by atoms with Gasteiger partial charge in [-0.2, -0.15) is 0 Å². The van der Waals surface area contributed by atoms with Gasteiger partial charge in [-0.15, -0.1) is 0 Å². The van der Waals surface area contributed by atoms with Crippen molar-refractivity contribution in [3.63, 3.8) is 0 Å². The first-order chi connectivity index (χ1) is 37.1. The molecule has 0 atom stereocenters. The average molecular weight is 977 g/mol. The molecule has 0 amide bonds. The Kier molecular flexibility index (Phi) is 11.1. The fourth-order valence-electron chi connectivity index (χ4n) is 12.1. The second-order valence-corrected chi connectivity index (χ2v) is 20.3. The Labute approximate surface area is 442 Å². The van der Waals surface area contributed by atoms with Crippen LogP contribution in [0.2, 0.25) is 0 Å². The van der Waals surface area contributed by atoms with Gasteiger partial charge in [0.25, 0.3) is 0 Å². The summed E-state index contributed by atoms with van der Waals surface area (Å²) in [5.41, 5.74) is 23.3. The van der Waals surface area contributed by atoms with Gasteiger partial charge < -0.3 is 9.13 Å². The maximum absolute atomic E-state index is 8.96. The van der Waals surface area contributed by atoms with Gasteiger partial charge in [0, 0.05) is 49.5 Å². The molecule has 6 nitrogen and oxygen atoms in total. The third-order valence-corrected chi connectivity index (χ3v) is 15.1. The van der Waals surface area contributed by atoms with E-state index in [1.165, 1.54) is 55.6 Å². The normalized spacial score (nSPS) is 11.5. The van der Waals surface area contributed by atoms with Crippen molar-refractivity contribution in [1.29, 1.82) is 0 Å². The zero-order chi connectivity index (χ0) is 51.8. The topological polar surface area (TPSA) is 52.9 Å². The number of aryl methyl sites for hydroxylation is 6. The first-order valence-electron chi connectivity index (χ1n) is 25.9. The molecule has 0 spiro atoms. The van der Waals surface area contributed by atoms with Crippen LogP contribution in [0.4, 0.5) is 5.69 Å². The lowest BCUT2D eigenvalue weighted by Crippen LogP contribution is -2.04. The summed E-state index contributed by atoms with van der Waals surface area (Å²) in [6.45, 7) is 22.1. The second-order valence-electron chi connectivity index (χ2n) is 20.3. The van der Waals surface area contributed by atoms with Crippen molar-refractivity contribution in [1.82, 2.24) is 24.1 Å². The minimum absolute atomic E-state index is 0.531. The molecule has 0 N–H and O–H groups in total. The molecule has 0 radical (unpaired) electrons. The van der Waals surface area contributed by atoms with E-state index in [0.717, 1.165) is 82.8 Å². The van der Waals surface area contributed by atoms with E-state index in [4.69, 9.17) is 21.5 Å². The Hall–Kier alpha value is -9.70. The summed E-state index contributed by atoms with van der Waals surface area (Å²) in [6.07, 6.45) is 0. The van der Waals surface area contributed by atoms with Crippen molar-refractivity contribution < 1.29 is 0 Å². The molecule has 0 unspecified atom stereocenters. The van der Waals surface area contributed by atoms with Crippen LogP contribution in [-0.2, 0) is 0 Å². The molecule has 13 aromatic rings. The van der Waals surface area contributed by atoms with Gasteiger partial charge in [0.15, 0.2) is 23.2 Å². The molecular weight excluding hydrogens is 925 g/mol.